The van der Waals surface area contributed by atoms with Gasteiger partial charge in [0.05, 0.1) is 27.7 Å². The summed E-state index contributed by atoms with van der Waals surface area (Å²) in [5.41, 5.74) is 3.56. The van der Waals surface area contributed by atoms with Crippen LogP contribution in [-0.4, -0.2) is 31.6 Å². The van der Waals surface area contributed by atoms with Gasteiger partial charge in [0.25, 0.3) is 0 Å². The molecule has 0 amide bonds. The normalized spacial score (nSPS) is 15.8. The number of rotatable bonds is 5. The zero-order valence-electron chi connectivity index (χ0n) is 19.0. The Labute approximate surface area is 206 Å². The Hall–Kier alpha value is -3.93. The molecule has 1 unspecified atom stereocenters. The van der Waals surface area contributed by atoms with Crippen LogP contribution in [0.4, 0.5) is 0 Å². The smallest absolute Gasteiger partial charge is 0.191 e. The third kappa shape index (κ3) is 4.20. The number of hydrogen-bond donors (Lipinski definition) is 0. The summed E-state index contributed by atoms with van der Waals surface area (Å²) in [6.07, 6.45) is 8.71. The van der Waals surface area contributed by atoms with E-state index in [1.807, 2.05) is 22.9 Å². The Morgan fingerprint density at radius 1 is 1.06 bits per heavy atom. The van der Waals surface area contributed by atoms with Gasteiger partial charge in [-0.05, 0) is 47.2 Å². The number of ether oxygens (including phenoxy) is 1. The highest BCUT2D eigenvalue weighted by atomic mass is 32.1. The maximum atomic E-state index is 10.2. The predicted octanol–water partition coefficient (Wildman–Crippen LogP) is 5.78. The summed E-state index contributed by atoms with van der Waals surface area (Å²) in [5.74, 6) is 0.615. The molecule has 0 bridgehead atoms. The fourth-order valence-corrected chi connectivity index (χ4v) is 5.76. The first-order valence-electron chi connectivity index (χ1n) is 11.6. The maximum Gasteiger partial charge on any atom is 0.191 e. The fourth-order valence-electron chi connectivity index (χ4n) is 4.56. The third-order valence-electron chi connectivity index (χ3n) is 6.32. The quantitative estimate of drug-likeness (QED) is 0.318. The Kier molecular flexibility index (Phi) is 5.78. The topological polar surface area (TPSA) is 89.5 Å². The summed E-state index contributed by atoms with van der Waals surface area (Å²) in [4.78, 5) is 6.40. The van der Waals surface area contributed by atoms with E-state index in [-0.39, 0.29) is 6.23 Å². The molecule has 6 rings (SSSR count). The van der Waals surface area contributed by atoms with Crippen molar-refractivity contribution in [1.82, 2.24) is 25.0 Å². The van der Waals surface area contributed by atoms with Crippen molar-refractivity contribution in [3.05, 3.63) is 83.9 Å². The molecule has 1 saturated heterocycles. The molecule has 1 fully saturated rings. The van der Waals surface area contributed by atoms with Crippen LogP contribution in [0.2, 0.25) is 0 Å². The van der Waals surface area contributed by atoms with E-state index in [0.29, 0.717) is 17.8 Å². The van der Waals surface area contributed by atoms with E-state index in [9.17, 15) is 5.26 Å². The Morgan fingerprint density at radius 2 is 1.97 bits per heavy atom. The summed E-state index contributed by atoms with van der Waals surface area (Å²) in [7, 11) is 0. The summed E-state index contributed by atoms with van der Waals surface area (Å²) in [6, 6.07) is 19.1. The monoisotopic (exact) mass is 478 g/mol. The van der Waals surface area contributed by atoms with Gasteiger partial charge < -0.3 is 4.74 Å². The highest BCUT2D eigenvalue weighted by molar-refractivity contribution is 7.19. The van der Waals surface area contributed by atoms with Crippen molar-refractivity contribution in [1.29, 1.82) is 5.26 Å². The van der Waals surface area contributed by atoms with E-state index in [2.05, 4.69) is 51.6 Å². The van der Waals surface area contributed by atoms with Gasteiger partial charge in [-0.25, -0.2) is 9.67 Å². The van der Waals surface area contributed by atoms with Crippen molar-refractivity contribution in [2.45, 2.75) is 31.9 Å². The van der Waals surface area contributed by atoms with Crippen molar-refractivity contribution >= 4 is 22.1 Å². The molecule has 0 N–H and O–H groups in total. The molecule has 1 aliphatic rings. The van der Waals surface area contributed by atoms with Crippen molar-refractivity contribution < 1.29 is 4.74 Å². The van der Waals surface area contributed by atoms with Crippen LogP contribution in [0, 0.1) is 11.3 Å². The molecule has 1 aliphatic heterocycles. The SMILES string of the molecule is N#Cc1c(-c2ccnnc2)sc(-c2ncn(C3CCCCO3)n2)c1Cc1ccc2ccccc2c1. The lowest BCUT2D eigenvalue weighted by molar-refractivity contribution is -0.0395. The molecule has 5 aromatic rings. The molecule has 4 heterocycles. The molecule has 3 aromatic heterocycles. The summed E-state index contributed by atoms with van der Waals surface area (Å²) in [6.45, 7) is 0.740. The van der Waals surface area contributed by atoms with Crippen LogP contribution in [-0.2, 0) is 11.2 Å². The second-order valence-corrected chi connectivity index (χ2v) is 9.61. The van der Waals surface area contributed by atoms with Crippen LogP contribution in [0.5, 0.6) is 0 Å². The minimum atomic E-state index is -0.0896. The molecular formula is C27H22N6OS. The molecule has 8 heteroatoms. The van der Waals surface area contributed by atoms with Crippen LogP contribution in [0.3, 0.4) is 0 Å². The van der Waals surface area contributed by atoms with Gasteiger partial charge in [-0.3, -0.25) is 0 Å². The van der Waals surface area contributed by atoms with Gasteiger partial charge in [0.1, 0.15) is 12.4 Å². The predicted molar refractivity (Wildman–Crippen MR) is 135 cm³/mol. The number of nitriles is 1. The minimum absolute atomic E-state index is 0.0896. The van der Waals surface area contributed by atoms with E-state index in [4.69, 9.17) is 9.84 Å². The highest BCUT2D eigenvalue weighted by Gasteiger charge is 2.25. The van der Waals surface area contributed by atoms with E-state index in [1.165, 1.54) is 22.1 Å². The lowest BCUT2D eigenvalue weighted by Gasteiger charge is -2.21. The van der Waals surface area contributed by atoms with E-state index < -0.39 is 0 Å². The number of benzene rings is 2. The molecule has 1 atom stereocenters. The average molecular weight is 479 g/mol. The number of thiophene rings is 1. The van der Waals surface area contributed by atoms with Crippen molar-refractivity contribution in [3.63, 3.8) is 0 Å². The molecule has 2 aromatic carbocycles. The van der Waals surface area contributed by atoms with Crippen LogP contribution in [0.15, 0.2) is 67.3 Å². The van der Waals surface area contributed by atoms with Crippen molar-refractivity contribution in [3.8, 4) is 27.2 Å². The van der Waals surface area contributed by atoms with Crippen molar-refractivity contribution in [2.24, 2.45) is 0 Å². The van der Waals surface area contributed by atoms with Gasteiger partial charge in [-0.15, -0.1) is 16.4 Å². The molecular weight excluding hydrogens is 456 g/mol. The Balaban J connectivity index is 1.46. The average Bonchev–Trinajstić information content (AvgIpc) is 3.55. The number of nitrogens with zero attached hydrogens (tertiary/aromatic N) is 6. The lowest BCUT2D eigenvalue weighted by Crippen LogP contribution is -2.18. The molecule has 7 nitrogen and oxygen atoms in total. The first-order valence-corrected chi connectivity index (χ1v) is 12.5. The maximum absolute atomic E-state index is 10.2. The second kappa shape index (κ2) is 9.37. The summed E-state index contributed by atoms with van der Waals surface area (Å²) < 4.78 is 7.71. The molecule has 0 saturated carbocycles. The molecule has 172 valence electrons. The fraction of sp³-hybridized carbons (Fsp3) is 0.222. The number of fused-ring (bicyclic) bond motifs is 1. The van der Waals surface area contributed by atoms with Crippen molar-refractivity contribution in [2.75, 3.05) is 6.61 Å². The second-order valence-electron chi connectivity index (χ2n) is 8.58. The van der Waals surface area contributed by atoms with E-state index >= 15 is 0 Å². The molecule has 35 heavy (non-hydrogen) atoms. The van der Waals surface area contributed by atoms with E-state index in [1.54, 1.807) is 18.7 Å². The third-order valence-corrected chi connectivity index (χ3v) is 7.60. The highest BCUT2D eigenvalue weighted by Crippen LogP contribution is 2.42. The Morgan fingerprint density at radius 3 is 2.77 bits per heavy atom. The summed E-state index contributed by atoms with van der Waals surface area (Å²) in [5, 5.41) is 25.3. The zero-order chi connectivity index (χ0) is 23.6. The minimum Gasteiger partial charge on any atom is -0.356 e. The van der Waals surface area contributed by atoms with Gasteiger partial charge in [-0.1, -0.05) is 42.5 Å². The van der Waals surface area contributed by atoms with Gasteiger partial charge in [0.2, 0.25) is 0 Å². The van der Waals surface area contributed by atoms with Crippen LogP contribution in [0.25, 0.3) is 31.9 Å². The van der Waals surface area contributed by atoms with Gasteiger partial charge >= 0.3 is 0 Å². The standard InChI is InChI=1S/C27H22N6OS/c28-15-23-22(14-18-8-9-19-5-1-2-6-20(19)13-18)26(35-25(23)21-10-11-30-31-16-21)27-29-17-33(32-27)24-7-3-4-12-34-24/h1-2,5-6,8-11,13,16-17,24H,3-4,7,12,14H2. The number of hydrogen-bond acceptors (Lipinski definition) is 7. The molecule has 0 spiro atoms. The lowest BCUT2D eigenvalue weighted by atomic mass is 9.97. The first-order chi connectivity index (χ1) is 17.3. The van der Waals surface area contributed by atoms with Gasteiger partial charge in [0.15, 0.2) is 12.1 Å². The van der Waals surface area contributed by atoms with Crippen LogP contribution < -0.4 is 0 Å². The first kappa shape index (κ1) is 21.6. The molecule has 0 radical (unpaired) electrons. The largest absolute Gasteiger partial charge is 0.356 e. The van der Waals surface area contributed by atoms with Crippen LogP contribution >= 0.6 is 11.3 Å². The molecule has 0 aliphatic carbocycles. The number of aromatic nitrogens is 5. The van der Waals surface area contributed by atoms with E-state index in [0.717, 1.165) is 52.3 Å². The van der Waals surface area contributed by atoms with Gasteiger partial charge in [-0.2, -0.15) is 15.5 Å². The van der Waals surface area contributed by atoms with Crippen LogP contribution in [0.1, 0.15) is 42.2 Å². The zero-order valence-corrected chi connectivity index (χ0v) is 19.8. The summed E-state index contributed by atoms with van der Waals surface area (Å²) >= 11 is 1.53. The Bertz CT molecular complexity index is 1530. The van der Waals surface area contributed by atoms with Gasteiger partial charge in [0, 0.05) is 18.6 Å².